The molecule has 0 N–H and O–H groups in total. The Bertz CT molecular complexity index is 1290. The first-order chi connectivity index (χ1) is 18.8. The van der Waals surface area contributed by atoms with Crippen LogP contribution in [0.15, 0.2) is 24.3 Å². The first kappa shape index (κ1) is 30.6. The standard InChI is InChI=1S/C33H46F3NO3Si/c1-20(2)28-26-27(25-23(37-28)18-31(6,7)19-24(25)40-41(8,9)30(3,4)5)32(16-10-11-17-32)39-29(26)21-12-14-22(15-13-21)38-33(34,35)36/h12-15,20,24,29H,10-11,16-19H2,1-9H3/t24-,29+/m0/s1. The van der Waals surface area contributed by atoms with Crippen molar-refractivity contribution >= 4 is 8.32 Å². The predicted octanol–water partition coefficient (Wildman–Crippen LogP) is 10.0. The van der Waals surface area contributed by atoms with E-state index in [2.05, 4.69) is 66.3 Å². The summed E-state index contributed by atoms with van der Waals surface area (Å²) in [5.74, 6) is -0.0675. The van der Waals surface area contributed by atoms with E-state index in [4.69, 9.17) is 14.1 Å². The van der Waals surface area contributed by atoms with Crippen LogP contribution in [0.2, 0.25) is 18.1 Å². The van der Waals surface area contributed by atoms with Gasteiger partial charge >= 0.3 is 6.36 Å². The quantitative estimate of drug-likeness (QED) is 0.326. The smallest absolute Gasteiger partial charge is 0.410 e. The molecule has 0 radical (unpaired) electrons. The zero-order chi connectivity index (χ0) is 30.2. The second-order valence-corrected chi connectivity index (χ2v) is 19.8. The van der Waals surface area contributed by atoms with E-state index in [0.717, 1.165) is 61.0 Å². The molecule has 41 heavy (non-hydrogen) atoms. The molecular weight excluding hydrogens is 543 g/mol. The summed E-state index contributed by atoms with van der Waals surface area (Å²) in [6.45, 7) is 20.5. The topological polar surface area (TPSA) is 40.6 Å². The van der Waals surface area contributed by atoms with Crippen molar-refractivity contribution in [3.8, 4) is 5.75 Å². The van der Waals surface area contributed by atoms with Crippen molar-refractivity contribution in [2.45, 2.75) is 135 Å². The van der Waals surface area contributed by atoms with Gasteiger partial charge in [0.2, 0.25) is 0 Å². The number of fused-ring (bicyclic) bond motifs is 4. The monoisotopic (exact) mass is 589 g/mol. The van der Waals surface area contributed by atoms with Gasteiger partial charge in [0.05, 0.1) is 11.7 Å². The van der Waals surface area contributed by atoms with E-state index >= 15 is 0 Å². The van der Waals surface area contributed by atoms with Crippen LogP contribution in [0.25, 0.3) is 0 Å². The number of alkyl halides is 3. The molecule has 1 spiro atoms. The highest BCUT2D eigenvalue weighted by Crippen LogP contribution is 2.60. The lowest BCUT2D eigenvalue weighted by molar-refractivity contribution is -0.274. The van der Waals surface area contributed by atoms with Crippen molar-refractivity contribution in [3.05, 3.63) is 57.9 Å². The highest BCUT2D eigenvalue weighted by molar-refractivity contribution is 6.74. The second-order valence-electron chi connectivity index (χ2n) is 15.0. The molecule has 226 valence electrons. The Morgan fingerprint density at radius 3 is 2.15 bits per heavy atom. The lowest BCUT2D eigenvalue weighted by atomic mass is 9.70. The van der Waals surface area contributed by atoms with Gasteiger partial charge in [-0.25, -0.2) is 0 Å². The van der Waals surface area contributed by atoms with Gasteiger partial charge in [0.25, 0.3) is 0 Å². The molecule has 2 aromatic rings. The van der Waals surface area contributed by atoms with Gasteiger partial charge in [0.1, 0.15) is 11.9 Å². The van der Waals surface area contributed by atoms with Crippen LogP contribution in [0.1, 0.15) is 132 Å². The number of aromatic nitrogens is 1. The van der Waals surface area contributed by atoms with Crippen molar-refractivity contribution in [1.82, 2.24) is 4.98 Å². The van der Waals surface area contributed by atoms with Crippen LogP contribution in [-0.4, -0.2) is 19.7 Å². The third kappa shape index (κ3) is 5.73. The molecule has 1 aliphatic heterocycles. The fourth-order valence-corrected chi connectivity index (χ4v) is 8.13. The summed E-state index contributed by atoms with van der Waals surface area (Å²) in [5.41, 5.74) is 6.21. The van der Waals surface area contributed by atoms with E-state index in [0.29, 0.717) is 0 Å². The normalized spacial score (nSPS) is 23.6. The molecule has 0 bridgehead atoms. The Kier molecular flexibility index (Phi) is 7.52. The highest BCUT2D eigenvalue weighted by Gasteiger charge is 2.54. The number of rotatable bonds is 5. The van der Waals surface area contributed by atoms with E-state index in [-0.39, 0.29) is 28.2 Å². The summed E-state index contributed by atoms with van der Waals surface area (Å²) in [6, 6.07) is 6.19. The molecule has 2 atom stereocenters. The number of pyridine rings is 1. The highest BCUT2D eigenvalue weighted by atomic mass is 28.4. The van der Waals surface area contributed by atoms with Crippen LogP contribution in [0.3, 0.4) is 0 Å². The summed E-state index contributed by atoms with van der Waals surface area (Å²) in [5, 5.41) is 0.0630. The van der Waals surface area contributed by atoms with Gasteiger partial charge in [-0.2, -0.15) is 0 Å². The fraction of sp³-hybridized carbons (Fsp3) is 0.667. The average molecular weight is 590 g/mol. The molecule has 3 aliphatic rings. The van der Waals surface area contributed by atoms with Crippen molar-refractivity contribution in [2.75, 3.05) is 0 Å². The average Bonchev–Trinajstić information content (AvgIpc) is 3.41. The van der Waals surface area contributed by atoms with Gasteiger partial charge in [0, 0.05) is 22.5 Å². The minimum Gasteiger partial charge on any atom is -0.410 e. The molecule has 1 fully saturated rings. The maximum atomic E-state index is 12.9. The van der Waals surface area contributed by atoms with Gasteiger partial charge in [0.15, 0.2) is 8.32 Å². The lowest BCUT2D eigenvalue weighted by Gasteiger charge is -2.45. The van der Waals surface area contributed by atoms with Crippen LogP contribution < -0.4 is 4.74 Å². The van der Waals surface area contributed by atoms with E-state index in [1.807, 2.05) is 0 Å². The zero-order valence-electron chi connectivity index (χ0n) is 26.1. The van der Waals surface area contributed by atoms with Crippen LogP contribution in [0.4, 0.5) is 13.2 Å². The number of hydrogen-bond donors (Lipinski definition) is 0. The molecule has 1 saturated carbocycles. The van der Waals surface area contributed by atoms with Gasteiger partial charge in [-0.1, -0.05) is 73.4 Å². The number of benzene rings is 1. The zero-order valence-corrected chi connectivity index (χ0v) is 27.1. The second kappa shape index (κ2) is 10.1. The first-order valence-electron chi connectivity index (χ1n) is 15.1. The molecule has 1 aromatic carbocycles. The molecule has 8 heteroatoms. The SMILES string of the molecule is CC(C)c1nc2c(c3c1[C@@H](c1ccc(OC(F)(F)F)cc1)OC31CCCC1)[C@@H](O[Si](C)(C)C(C)(C)C)CC(C)(C)C2. The lowest BCUT2D eigenvalue weighted by Crippen LogP contribution is -2.44. The Morgan fingerprint density at radius 1 is 1.00 bits per heavy atom. The Morgan fingerprint density at radius 2 is 1.61 bits per heavy atom. The van der Waals surface area contributed by atoms with Crippen molar-refractivity contribution in [3.63, 3.8) is 0 Å². The largest absolute Gasteiger partial charge is 0.573 e. The molecule has 0 amide bonds. The molecular formula is C33H46F3NO3Si. The van der Waals surface area contributed by atoms with E-state index < -0.39 is 26.4 Å². The minimum atomic E-state index is -4.73. The van der Waals surface area contributed by atoms with Crippen LogP contribution >= 0.6 is 0 Å². The van der Waals surface area contributed by atoms with Gasteiger partial charge in [-0.15, -0.1) is 13.2 Å². The van der Waals surface area contributed by atoms with Crippen LogP contribution in [0.5, 0.6) is 5.75 Å². The van der Waals surface area contributed by atoms with Gasteiger partial charge in [-0.05, 0) is 78.4 Å². The summed E-state index contributed by atoms with van der Waals surface area (Å²) < 4.78 is 57.1. The predicted molar refractivity (Wildman–Crippen MR) is 158 cm³/mol. The van der Waals surface area contributed by atoms with Gasteiger partial charge < -0.3 is 13.9 Å². The van der Waals surface area contributed by atoms with Gasteiger partial charge in [-0.3, -0.25) is 4.98 Å². The summed E-state index contributed by atoms with van der Waals surface area (Å²) in [7, 11) is -2.12. The van der Waals surface area contributed by atoms with E-state index in [1.165, 1.54) is 23.3 Å². The maximum absolute atomic E-state index is 12.9. The summed E-state index contributed by atoms with van der Waals surface area (Å²) in [6.07, 6.45) is 0.623. The third-order valence-electron chi connectivity index (χ3n) is 9.77. The number of halogens is 3. The summed E-state index contributed by atoms with van der Waals surface area (Å²) in [4.78, 5) is 5.40. The van der Waals surface area contributed by atoms with Crippen LogP contribution in [-0.2, 0) is 21.2 Å². The molecule has 1 aromatic heterocycles. The fourth-order valence-electron chi connectivity index (χ4n) is 6.86. The molecule has 2 heterocycles. The first-order valence-corrected chi connectivity index (χ1v) is 18.0. The Labute approximate surface area is 244 Å². The Hall–Kier alpha value is -1.90. The summed E-state index contributed by atoms with van der Waals surface area (Å²) >= 11 is 0. The maximum Gasteiger partial charge on any atom is 0.573 e. The Balaban J connectivity index is 1.71. The number of hydrogen-bond acceptors (Lipinski definition) is 4. The molecule has 5 rings (SSSR count). The third-order valence-corrected chi connectivity index (χ3v) is 14.3. The number of ether oxygens (including phenoxy) is 2. The van der Waals surface area contributed by atoms with E-state index in [9.17, 15) is 13.2 Å². The van der Waals surface area contributed by atoms with Crippen molar-refractivity contribution in [2.24, 2.45) is 5.41 Å². The molecule has 0 saturated heterocycles. The minimum absolute atomic E-state index is 0.0472. The number of nitrogens with zero attached hydrogens (tertiary/aromatic N) is 1. The molecule has 4 nitrogen and oxygen atoms in total. The van der Waals surface area contributed by atoms with E-state index in [1.54, 1.807) is 12.1 Å². The van der Waals surface area contributed by atoms with Crippen LogP contribution in [0, 0.1) is 5.41 Å². The molecule has 2 aliphatic carbocycles. The molecule has 0 unspecified atom stereocenters. The van der Waals surface area contributed by atoms with Crippen molar-refractivity contribution in [1.29, 1.82) is 0 Å². The van der Waals surface area contributed by atoms with Crippen molar-refractivity contribution < 1.29 is 27.1 Å².